The molecule has 5 heteroatoms. The second kappa shape index (κ2) is 5.26. The van der Waals surface area contributed by atoms with Gasteiger partial charge in [0.25, 0.3) is 0 Å². The topological polar surface area (TPSA) is 60.0 Å². The summed E-state index contributed by atoms with van der Waals surface area (Å²) in [5.74, 6) is -0.377. The molecule has 19 heavy (non-hydrogen) atoms. The molecule has 0 fully saturated rings. The summed E-state index contributed by atoms with van der Waals surface area (Å²) in [4.78, 5) is 5.60. The van der Waals surface area contributed by atoms with Crippen LogP contribution in [-0.4, -0.2) is 11.1 Å². The quantitative estimate of drug-likeness (QED) is 0.781. The molecule has 1 aromatic rings. The molecule has 0 spiro atoms. The first-order valence-electron chi connectivity index (χ1n) is 5.79. The molecule has 0 amide bonds. The van der Waals surface area contributed by atoms with Crippen LogP contribution in [0.1, 0.15) is 27.7 Å². The number of rotatable bonds is 4. The minimum Gasteiger partial charge on any atom is -0.251 e. The summed E-state index contributed by atoms with van der Waals surface area (Å²) >= 11 is 0. The Bertz CT molecular complexity index is 523. The molecule has 4 nitrogen and oxygen atoms in total. The molecule has 0 heterocycles. The van der Waals surface area contributed by atoms with Crippen LogP contribution in [0, 0.1) is 28.5 Å². The van der Waals surface area contributed by atoms with Crippen molar-refractivity contribution in [1.29, 1.82) is 10.5 Å². The third-order valence-electron chi connectivity index (χ3n) is 2.43. The molecule has 100 valence electrons. The van der Waals surface area contributed by atoms with Gasteiger partial charge in [-0.2, -0.15) is 10.5 Å². The first-order valence-corrected chi connectivity index (χ1v) is 5.79. The Kier molecular flexibility index (Phi) is 4.14. The normalized spacial score (nSPS) is 11.5. The fourth-order valence-corrected chi connectivity index (χ4v) is 1.36. The molecule has 0 radical (unpaired) electrons. The van der Waals surface area contributed by atoms with E-state index in [1.165, 1.54) is 29.3 Å². The molecular formula is C14H16FN3O. The lowest BCUT2D eigenvalue weighted by Gasteiger charge is -2.37. The van der Waals surface area contributed by atoms with Gasteiger partial charge in [-0.1, -0.05) is 0 Å². The van der Waals surface area contributed by atoms with Gasteiger partial charge in [0, 0.05) is 0 Å². The molecule has 0 bridgehead atoms. The number of hydrogen-bond acceptors (Lipinski definition) is 4. The Morgan fingerprint density at radius 3 is 2.00 bits per heavy atom. The Labute approximate surface area is 112 Å². The lowest BCUT2D eigenvalue weighted by Crippen LogP contribution is -2.47. The van der Waals surface area contributed by atoms with Gasteiger partial charge in [0.15, 0.2) is 5.60 Å². The van der Waals surface area contributed by atoms with Crippen LogP contribution in [0.25, 0.3) is 0 Å². The van der Waals surface area contributed by atoms with Crippen LogP contribution in [0.3, 0.4) is 0 Å². The van der Waals surface area contributed by atoms with Crippen molar-refractivity contribution in [2.24, 2.45) is 0 Å². The highest BCUT2D eigenvalue weighted by Gasteiger charge is 2.33. The molecule has 0 aliphatic heterocycles. The molecule has 0 atom stereocenters. The van der Waals surface area contributed by atoms with Crippen LogP contribution >= 0.6 is 0 Å². The summed E-state index contributed by atoms with van der Waals surface area (Å²) in [5, 5.41) is 19.6. The second-order valence-corrected chi connectivity index (χ2v) is 5.16. The Hall–Kier alpha value is -2.11. The first kappa shape index (κ1) is 14.9. The maximum absolute atomic E-state index is 13.0. The zero-order valence-corrected chi connectivity index (χ0v) is 11.4. The highest BCUT2D eigenvalue weighted by Crippen LogP contribution is 2.27. The Morgan fingerprint density at radius 2 is 1.58 bits per heavy atom. The average Bonchev–Trinajstić information content (AvgIpc) is 2.37. The van der Waals surface area contributed by atoms with Gasteiger partial charge in [-0.15, -0.1) is 0 Å². The van der Waals surface area contributed by atoms with Crippen molar-refractivity contribution >= 4 is 5.69 Å². The molecule has 1 aromatic carbocycles. The van der Waals surface area contributed by atoms with E-state index in [2.05, 4.69) is 6.07 Å². The van der Waals surface area contributed by atoms with E-state index in [9.17, 15) is 9.65 Å². The molecule has 1 rings (SSSR count). The zero-order chi connectivity index (χ0) is 14.7. The van der Waals surface area contributed by atoms with E-state index in [0.717, 1.165) is 0 Å². The van der Waals surface area contributed by atoms with Gasteiger partial charge in [0.05, 0.1) is 17.8 Å². The summed E-state index contributed by atoms with van der Waals surface area (Å²) < 4.78 is 13.0. The van der Waals surface area contributed by atoms with Crippen LogP contribution in [-0.2, 0) is 4.84 Å². The van der Waals surface area contributed by atoms with E-state index in [4.69, 9.17) is 10.1 Å². The lowest BCUT2D eigenvalue weighted by molar-refractivity contribution is -0.0155. The minimum atomic E-state index is -1.09. The standard InChI is InChI=1S/C14H16FN3O/c1-13(2,9-16)18(19-14(3,4)10-17)12-7-5-11(15)6-8-12/h5-8H,1-4H3. The van der Waals surface area contributed by atoms with E-state index in [0.29, 0.717) is 5.69 Å². The van der Waals surface area contributed by atoms with Gasteiger partial charge in [-0.3, -0.25) is 4.84 Å². The third-order valence-corrected chi connectivity index (χ3v) is 2.43. The molecule has 0 aromatic heterocycles. The molecule has 0 unspecified atom stereocenters. The minimum absolute atomic E-state index is 0.377. The molecule has 0 N–H and O–H groups in total. The van der Waals surface area contributed by atoms with E-state index >= 15 is 0 Å². The number of anilines is 1. The van der Waals surface area contributed by atoms with Gasteiger partial charge in [0.1, 0.15) is 11.4 Å². The SMILES string of the molecule is CC(C)(C#N)ON(c1ccc(F)cc1)C(C)(C)C#N. The molecule has 0 saturated carbocycles. The van der Waals surface area contributed by atoms with Crippen molar-refractivity contribution < 1.29 is 9.23 Å². The molecule has 0 aliphatic carbocycles. The van der Waals surface area contributed by atoms with Crippen molar-refractivity contribution in [2.45, 2.75) is 38.8 Å². The van der Waals surface area contributed by atoms with Gasteiger partial charge in [-0.05, 0) is 52.0 Å². The second-order valence-electron chi connectivity index (χ2n) is 5.16. The third kappa shape index (κ3) is 3.67. The molecular weight excluding hydrogens is 245 g/mol. The monoisotopic (exact) mass is 261 g/mol. The lowest BCUT2D eigenvalue weighted by atomic mass is 10.1. The summed E-state index contributed by atoms with van der Waals surface area (Å²) in [6, 6.07) is 9.66. The summed E-state index contributed by atoms with van der Waals surface area (Å²) in [6.07, 6.45) is 0. The maximum atomic E-state index is 13.0. The average molecular weight is 261 g/mol. The maximum Gasteiger partial charge on any atom is 0.176 e. The van der Waals surface area contributed by atoms with Crippen LogP contribution < -0.4 is 5.06 Å². The number of benzene rings is 1. The predicted molar refractivity (Wildman–Crippen MR) is 69.3 cm³/mol. The zero-order valence-electron chi connectivity index (χ0n) is 11.4. The van der Waals surface area contributed by atoms with Crippen LogP contribution in [0.4, 0.5) is 10.1 Å². The van der Waals surface area contributed by atoms with E-state index < -0.39 is 11.1 Å². The first-order chi connectivity index (χ1) is 8.72. The van der Waals surface area contributed by atoms with E-state index in [-0.39, 0.29) is 5.82 Å². The van der Waals surface area contributed by atoms with Crippen LogP contribution in [0.15, 0.2) is 24.3 Å². The van der Waals surface area contributed by atoms with Gasteiger partial charge in [0.2, 0.25) is 0 Å². The van der Waals surface area contributed by atoms with E-state index in [1.807, 2.05) is 6.07 Å². The van der Waals surface area contributed by atoms with Gasteiger partial charge < -0.3 is 0 Å². The predicted octanol–water partition coefficient (Wildman–Crippen LogP) is 3.17. The number of nitriles is 2. The van der Waals surface area contributed by atoms with Crippen molar-refractivity contribution in [3.63, 3.8) is 0 Å². The highest BCUT2D eigenvalue weighted by atomic mass is 19.1. The fourth-order valence-electron chi connectivity index (χ4n) is 1.36. The van der Waals surface area contributed by atoms with Crippen molar-refractivity contribution in [3.8, 4) is 12.1 Å². The fraction of sp³-hybridized carbons (Fsp3) is 0.429. The van der Waals surface area contributed by atoms with E-state index in [1.54, 1.807) is 27.7 Å². The molecule has 0 aliphatic rings. The number of hydrogen-bond donors (Lipinski definition) is 0. The van der Waals surface area contributed by atoms with Crippen molar-refractivity contribution in [1.82, 2.24) is 0 Å². The number of halogens is 1. The smallest absolute Gasteiger partial charge is 0.176 e. The molecule has 0 saturated heterocycles. The van der Waals surface area contributed by atoms with Gasteiger partial charge in [-0.25, -0.2) is 9.45 Å². The highest BCUT2D eigenvalue weighted by molar-refractivity contribution is 5.48. The summed E-state index contributed by atoms with van der Waals surface area (Å²) in [7, 11) is 0. The summed E-state index contributed by atoms with van der Waals surface area (Å²) in [6.45, 7) is 6.50. The summed E-state index contributed by atoms with van der Waals surface area (Å²) in [5.41, 5.74) is -1.58. The number of nitrogens with zero attached hydrogens (tertiary/aromatic N) is 3. The Morgan fingerprint density at radius 1 is 1.05 bits per heavy atom. The van der Waals surface area contributed by atoms with Crippen molar-refractivity contribution in [3.05, 3.63) is 30.1 Å². The number of hydroxylamine groups is 1. The Balaban J connectivity index is 3.18. The van der Waals surface area contributed by atoms with Crippen LogP contribution in [0.2, 0.25) is 0 Å². The van der Waals surface area contributed by atoms with Crippen molar-refractivity contribution in [2.75, 3.05) is 5.06 Å². The van der Waals surface area contributed by atoms with Crippen LogP contribution in [0.5, 0.6) is 0 Å². The van der Waals surface area contributed by atoms with Gasteiger partial charge >= 0.3 is 0 Å². The largest absolute Gasteiger partial charge is 0.251 e.